The zero-order chi connectivity index (χ0) is 16.4. The molecule has 0 aromatic heterocycles. The molecule has 1 N–H and O–H groups in total. The molecule has 1 aliphatic heterocycles. The number of thioether (sulfide) groups is 1. The second kappa shape index (κ2) is 6.97. The van der Waals surface area contributed by atoms with E-state index in [1.807, 2.05) is 12.1 Å². The van der Waals surface area contributed by atoms with E-state index in [0.29, 0.717) is 30.8 Å². The minimum Gasteiger partial charge on any atom is -0.300 e. The van der Waals surface area contributed by atoms with Crippen molar-refractivity contribution in [1.29, 1.82) is 0 Å². The number of nitrogens with one attached hydrogen (secondary N) is 1. The number of para-hydroxylation sites is 1. The number of rotatable bonds is 2. The Bertz CT molecular complexity index is 849. The summed E-state index contributed by atoms with van der Waals surface area (Å²) < 4.78 is 0. The standard InChI is InChI=1S/C16H9Cl3N2OS/c17-10-6-5-9(7-12(10)19)8-14-15(22)21-16(23-14)20-13-4-2-1-3-11(13)18/h1-8H,(H,20,21,22)/b14-8+. The third-order valence-corrected chi connectivity index (χ3v) is 4.94. The molecule has 1 fully saturated rings. The lowest BCUT2D eigenvalue weighted by Crippen LogP contribution is -2.19. The molecule has 0 bridgehead atoms. The molecule has 116 valence electrons. The summed E-state index contributed by atoms with van der Waals surface area (Å²) in [6.45, 7) is 0. The number of aliphatic imine (C=N–C) groups is 1. The maximum Gasteiger partial charge on any atom is 0.264 e. The number of nitrogens with zero attached hydrogens (tertiary/aromatic N) is 1. The molecule has 0 saturated carbocycles. The second-order valence-electron chi connectivity index (χ2n) is 4.61. The summed E-state index contributed by atoms with van der Waals surface area (Å²) >= 11 is 19.2. The van der Waals surface area contributed by atoms with Crippen LogP contribution < -0.4 is 5.32 Å². The van der Waals surface area contributed by atoms with Crippen LogP contribution in [0.2, 0.25) is 15.1 Å². The molecule has 0 spiro atoms. The fraction of sp³-hybridized carbons (Fsp3) is 0. The molecule has 0 aliphatic carbocycles. The van der Waals surface area contributed by atoms with Crippen molar-refractivity contribution in [3.05, 3.63) is 68.0 Å². The Morgan fingerprint density at radius 1 is 1.00 bits per heavy atom. The van der Waals surface area contributed by atoms with Gasteiger partial charge in [0, 0.05) is 0 Å². The Labute approximate surface area is 152 Å². The van der Waals surface area contributed by atoms with Crippen molar-refractivity contribution >= 4 is 69.4 Å². The number of benzene rings is 2. The molecule has 2 aromatic carbocycles. The molecule has 1 amide bonds. The van der Waals surface area contributed by atoms with Crippen molar-refractivity contribution in [2.75, 3.05) is 0 Å². The zero-order valence-electron chi connectivity index (χ0n) is 11.5. The van der Waals surface area contributed by atoms with Crippen LogP contribution >= 0.6 is 46.6 Å². The van der Waals surface area contributed by atoms with Gasteiger partial charge in [-0.05, 0) is 47.7 Å². The van der Waals surface area contributed by atoms with Gasteiger partial charge in [-0.2, -0.15) is 0 Å². The fourth-order valence-electron chi connectivity index (χ4n) is 1.89. The normalized spacial score (nSPS) is 17.8. The molecule has 3 nitrogen and oxygen atoms in total. The first kappa shape index (κ1) is 16.4. The summed E-state index contributed by atoms with van der Waals surface area (Å²) in [5.41, 5.74) is 1.39. The van der Waals surface area contributed by atoms with E-state index in [9.17, 15) is 4.79 Å². The van der Waals surface area contributed by atoms with Crippen LogP contribution in [0.15, 0.2) is 52.4 Å². The van der Waals surface area contributed by atoms with E-state index in [1.165, 1.54) is 11.8 Å². The Balaban J connectivity index is 1.86. The summed E-state index contributed by atoms with van der Waals surface area (Å²) in [5, 5.41) is 4.63. The molecular formula is C16H9Cl3N2OS. The first-order valence-electron chi connectivity index (χ1n) is 6.52. The van der Waals surface area contributed by atoms with Crippen LogP contribution in [0.5, 0.6) is 0 Å². The van der Waals surface area contributed by atoms with Gasteiger partial charge in [0.15, 0.2) is 5.17 Å². The van der Waals surface area contributed by atoms with Gasteiger partial charge >= 0.3 is 0 Å². The highest BCUT2D eigenvalue weighted by molar-refractivity contribution is 8.18. The number of carbonyl (C=O) groups is 1. The number of carbonyl (C=O) groups excluding carboxylic acids is 1. The molecule has 0 atom stereocenters. The van der Waals surface area contributed by atoms with Crippen molar-refractivity contribution in [2.45, 2.75) is 0 Å². The van der Waals surface area contributed by atoms with Gasteiger partial charge in [0.1, 0.15) is 0 Å². The molecule has 1 saturated heterocycles. The molecule has 7 heteroatoms. The van der Waals surface area contributed by atoms with Crippen molar-refractivity contribution in [1.82, 2.24) is 5.32 Å². The summed E-state index contributed by atoms with van der Waals surface area (Å²) in [6.07, 6.45) is 1.73. The SMILES string of the molecule is O=C1NC(=Nc2ccccc2Cl)S/C1=C/c1ccc(Cl)c(Cl)c1. The van der Waals surface area contributed by atoms with Crippen molar-refractivity contribution < 1.29 is 4.79 Å². The molecule has 0 unspecified atom stereocenters. The largest absolute Gasteiger partial charge is 0.300 e. The van der Waals surface area contributed by atoms with Gasteiger partial charge in [-0.3, -0.25) is 4.79 Å². The Morgan fingerprint density at radius 3 is 2.52 bits per heavy atom. The molecule has 2 aromatic rings. The average molecular weight is 384 g/mol. The first-order chi connectivity index (χ1) is 11.0. The average Bonchev–Trinajstić information content (AvgIpc) is 2.85. The lowest BCUT2D eigenvalue weighted by molar-refractivity contribution is -0.115. The summed E-state index contributed by atoms with van der Waals surface area (Å²) in [4.78, 5) is 16.9. The number of halogens is 3. The summed E-state index contributed by atoms with van der Waals surface area (Å²) in [6, 6.07) is 12.4. The molecule has 0 radical (unpaired) electrons. The smallest absolute Gasteiger partial charge is 0.264 e. The van der Waals surface area contributed by atoms with Crippen molar-refractivity contribution in [3.8, 4) is 0 Å². The van der Waals surface area contributed by atoms with Gasteiger partial charge in [-0.25, -0.2) is 4.99 Å². The lowest BCUT2D eigenvalue weighted by Gasteiger charge is -1.99. The highest BCUT2D eigenvalue weighted by atomic mass is 35.5. The molecule has 3 rings (SSSR count). The van der Waals surface area contributed by atoms with Gasteiger partial charge in [0.2, 0.25) is 0 Å². The topological polar surface area (TPSA) is 41.5 Å². The fourth-order valence-corrected chi connectivity index (χ4v) is 3.21. The molecular weight excluding hydrogens is 375 g/mol. The van der Waals surface area contributed by atoms with Gasteiger partial charge < -0.3 is 5.32 Å². The van der Waals surface area contributed by atoms with E-state index in [4.69, 9.17) is 34.8 Å². The molecule has 1 aliphatic rings. The van der Waals surface area contributed by atoms with Gasteiger partial charge in [0.25, 0.3) is 5.91 Å². The van der Waals surface area contributed by atoms with E-state index in [2.05, 4.69) is 10.3 Å². The Hall–Kier alpha value is -1.46. The minimum atomic E-state index is -0.216. The van der Waals surface area contributed by atoms with Gasteiger partial charge in [-0.1, -0.05) is 53.0 Å². The number of amidine groups is 1. The predicted octanol–water partition coefficient (Wildman–Crippen LogP) is 5.54. The van der Waals surface area contributed by atoms with E-state index < -0.39 is 0 Å². The quantitative estimate of drug-likeness (QED) is 0.692. The minimum absolute atomic E-state index is 0.216. The lowest BCUT2D eigenvalue weighted by atomic mass is 10.2. The Morgan fingerprint density at radius 2 is 1.78 bits per heavy atom. The van der Waals surface area contributed by atoms with Gasteiger partial charge in [-0.15, -0.1) is 0 Å². The maximum absolute atomic E-state index is 12.0. The van der Waals surface area contributed by atoms with E-state index >= 15 is 0 Å². The second-order valence-corrected chi connectivity index (χ2v) is 6.86. The monoisotopic (exact) mass is 382 g/mol. The van der Waals surface area contributed by atoms with Gasteiger partial charge in [0.05, 0.1) is 25.7 Å². The number of hydrogen-bond donors (Lipinski definition) is 1. The van der Waals surface area contributed by atoms with Crippen LogP contribution in [0.4, 0.5) is 5.69 Å². The van der Waals surface area contributed by atoms with Crippen LogP contribution in [0.25, 0.3) is 6.08 Å². The van der Waals surface area contributed by atoms with Crippen molar-refractivity contribution in [3.63, 3.8) is 0 Å². The van der Waals surface area contributed by atoms with Crippen LogP contribution in [-0.4, -0.2) is 11.1 Å². The van der Waals surface area contributed by atoms with Crippen molar-refractivity contribution in [2.24, 2.45) is 4.99 Å². The highest BCUT2D eigenvalue weighted by Gasteiger charge is 2.24. The summed E-state index contributed by atoms with van der Waals surface area (Å²) in [5.74, 6) is -0.216. The maximum atomic E-state index is 12.0. The Kier molecular flexibility index (Phi) is 4.97. The molecule has 1 heterocycles. The van der Waals surface area contributed by atoms with E-state index in [0.717, 1.165) is 5.56 Å². The van der Waals surface area contributed by atoms with Crippen LogP contribution in [0, 0.1) is 0 Å². The summed E-state index contributed by atoms with van der Waals surface area (Å²) in [7, 11) is 0. The van der Waals surface area contributed by atoms with Crippen LogP contribution in [0.1, 0.15) is 5.56 Å². The van der Waals surface area contributed by atoms with E-state index in [1.54, 1.807) is 36.4 Å². The predicted molar refractivity (Wildman–Crippen MR) is 98.7 cm³/mol. The molecule has 23 heavy (non-hydrogen) atoms. The van der Waals surface area contributed by atoms with Crippen LogP contribution in [0.3, 0.4) is 0 Å². The third kappa shape index (κ3) is 3.90. The third-order valence-electron chi connectivity index (χ3n) is 2.97. The zero-order valence-corrected chi connectivity index (χ0v) is 14.6. The number of amides is 1. The first-order valence-corrected chi connectivity index (χ1v) is 8.47. The highest BCUT2D eigenvalue weighted by Crippen LogP contribution is 2.31. The van der Waals surface area contributed by atoms with E-state index in [-0.39, 0.29) is 5.91 Å². The van der Waals surface area contributed by atoms with Crippen LogP contribution in [-0.2, 0) is 4.79 Å². The number of hydrogen-bond acceptors (Lipinski definition) is 3.